The second-order valence-corrected chi connectivity index (χ2v) is 10.0. The zero-order valence-electron chi connectivity index (χ0n) is 23.7. The maximum atomic E-state index is 12.7. The van der Waals surface area contributed by atoms with E-state index in [-0.39, 0.29) is 11.9 Å². The zero-order chi connectivity index (χ0) is 29.1. The monoisotopic (exact) mass is 568 g/mol. The van der Waals surface area contributed by atoms with Gasteiger partial charge in [0.05, 0.1) is 18.9 Å². The fourth-order valence-electron chi connectivity index (χ4n) is 4.53. The number of carbonyl (C=O) groups excluding carboxylic acids is 2. The second-order valence-electron chi connectivity index (χ2n) is 10.0. The predicted octanol–water partition coefficient (Wildman–Crippen LogP) is 4.92. The molecule has 10 nitrogen and oxygen atoms in total. The summed E-state index contributed by atoms with van der Waals surface area (Å²) in [5.74, 6) is 0.895. The van der Waals surface area contributed by atoms with Crippen molar-refractivity contribution < 1.29 is 19.1 Å². The lowest BCUT2D eigenvalue weighted by atomic mass is 10.1. The average molecular weight is 569 g/mol. The van der Waals surface area contributed by atoms with Crippen LogP contribution in [-0.2, 0) is 17.7 Å². The first kappa shape index (κ1) is 28.8. The molecule has 0 aliphatic carbocycles. The Balaban J connectivity index is 1.06. The van der Waals surface area contributed by atoms with E-state index in [1.807, 2.05) is 48.5 Å². The van der Waals surface area contributed by atoms with Crippen LogP contribution in [0.1, 0.15) is 28.4 Å². The Labute approximate surface area is 245 Å². The highest BCUT2D eigenvalue weighted by molar-refractivity contribution is 6.04. The lowest BCUT2D eigenvalue weighted by Gasteiger charge is -2.26. The van der Waals surface area contributed by atoms with E-state index in [2.05, 4.69) is 38.0 Å². The summed E-state index contributed by atoms with van der Waals surface area (Å²) in [5, 5.41) is 15.7. The molecule has 1 aromatic heterocycles. The normalized spacial score (nSPS) is 13.4. The minimum absolute atomic E-state index is 0.256. The van der Waals surface area contributed by atoms with Crippen molar-refractivity contribution in [3.8, 4) is 17.0 Å². The van der Waals surface area contributed by atoms with Crippen molar-refractivity contribution >= 4 is 23.4 Å². The molecule has 0 saturated carbocycles. The number of urea groups is 1. The standard InChI is InChI=1S/C32H36N6O4/c1-2-23-5-11-27(12-6-23)34-32(40)33-22-24-3-7-25(8-4-24)29-21-30(37-36-29)35-31(39)26-9-13-28(14-10-26)42-20-17-38-15-18-41-19-16-38/h3-14,21H,2,15-20,22H2,1H3,(H2,33,34,40)(H2,35,36,37,39). The lowest BCUT2D eigenvalue weighted by Crippen LogP contribution is -2.38. The van der Waals surface area contributed by atoms with Gasteiger partial charge < -0.3 is 25.4 Å². The number of H-pyrrole nitrogens is 1. The predicted molar refractivity (Wildman–Crippen MR) is 163 cm³/mol. The van der Waals surface area contributed by atoms with E-state index >= 15 is 0 Å². The molecule has 1 aliphatic rings. The molecule has 1 fully saturated rings. The minimum Gasteiger partial charge on any atom is -0.492 e. The molecule has 0 unspecified atom stereocenters. The van der Waals surface area contributed by atoms with E-state index in [0.717, 1.165) is 67.5 Å². The van der Waals surface area contributed by atoms with Crippen molar-refractivity contribution in [2.75, 3.05) is 50.1 Å². The van der Waals surface area contributed by atoms with Crippen molar-refractivity contribution in [2.45, 2.75) is 19.9 Å². The molecule has 10 heteroatoms. The maximum absolute atomic E-state index is 12.7. The molecule has 1 saturated heterocycles. The van der Waals surface area contributed by atoms with Gasteiger partial charge in [0, 0.05) is 43.5 Å². The average Bonchev–Trinajstić information content (AvgIpc) is 3.50. The second kappa shape index (κ2) is 14.3. The quantitative estimate of drug-likeness (QED) is 0.204. The molecule has 4 aromatic rings. The molecule has 0 atom stereocenters. The first-order valence-corrected chi connectivity index (χ1v) is 14.2. The fraction of sp³-hybridized carbons (Fsp3) is 0.281. The molecule has 218 valence electrons. The van der Waals surface area contributed by atoms with Gasteiger partial charge in [-0.05, 0) is 59.5 Å². The van der Waals surface area contributed by atoms with Gasteiger partial charge in [0.2, 0.25) is 0 Å². The molecule has 0 spiro atoms. The van der Waals surface area contributed by atoms with Gasteiger partial charge in [-0.2, -0.15) is 5.10 Å². The van der Waals surface area contributed by atoms with Gasteiger partial charge >= 0.3 is 6.03 Å². The van der Waals surface area contributed by atoms with Crippen molar-refractivity contribution in [3.63, 3.8) is 0 Å². The molecule has 0 bridgehead atoms. The van der Waals surface area contributed by atoms with Crippen LogP contribution in [0.15, 0.2) is 78.9 Å². The van der Waals surface area contributed by atoms with Crippen LogP contribution in [0, 0.1) is 0 Å². The molecule has 42 heavy (non-hydrogen) atoms. The van der Waals surface area contributed by atoms with Gasteiger partial charge in [-0.1, -0.05) is 43.3 Å². The largest absolute Gasteiger partial charge is 0.492 e. The van der Waals surface area contributed by atoms with Gasteiger partial charge in [0.15, 0.2) is 5.82 Å². The van der Waals surface area contributed by atoms with E-state index in [0.29, 0.717) is 24.5 Å². The van der Waals surface area contributed by atoms with Crippen LogP contribution in [0.25, 0.3) is 11.3 Å². The number of aryl methyl sites for hydroxylation is 1. The highest BCUT2D eigenvalue weighted by Gasteiger charge is 2.12. The van der Waals surface area contributed by atoms with Gasteiger partial charge in [-0.25, -0.2) is 4.79 Å². The third kappa shape index (κ3) is 8.18. The summed E-state index contributed by atoms with van der Waals surface area (Å²) in [7, 11) is 0. The van der Waals surface area contributed by atoms with Crippen LogP contribution < -0.4 is 20.7 Å². The molecular formula is C32H36N6O4. The Bertz CT molecular complexity index is 1450. The Morgan fingerprint density at radius 1 is 0.929 bits per heavy atom. The van der Waals surface area contributed by atoms with Crippen molar-refractivity contribution in [1.29, 1.82) is 0 Å². The Kier molecular flexibility index (Phi) is 9.81. The number of hydrogen-bond donors (Lipinski definition) is 4. The van der Waals surface area contributed by atoms with Crippen LogP contribution in [0.4, 0.5) is 16.3 Å². The summed E-state index contributed by atoms with van der Waals surface area (Å²) in [4.78, 5) is 27.3. The Morgan fingerprint density at radius 2 is 1.64 bits per heavy atom. The number of nitrogens with zero attached hydrogens (tertiary/aromatic N) is 2. The van der Waals surface area contributed by atoms with Crippen LogP contribution in [0.5, 0.6) is 5.75 Å². The topological polar surface area (TPSA) is 121 Å². The summed E-state index contributed by atoms with van der Waals surface area (Å²) in [5.41, 5.74) is 5.12. The lowest BCUT2D eigenvalue weighted by molar-refractivity contribution is 0.0322. The number of nitrogens with one attached hydrogen (secondary N) is 4. The highest BCUT2D eigenvalue weighted by atomic mass is 16.5. The van der Waals surface area contributed by atoms with Crippen molar-refractivity contribution in [2.24, 2.45) is 0 Å². The van der Waals surface area contributed by atoms with Gasteiger partial charge in [0.25, 0.3) is 5.91 Å². The SMILES string of the molecule is CCc1ccc(NC(=O)NCc2ccc(-c3cc(NC(=O)c4ccc(OCCN5CCOCC5)cc4)n[nH]3)cc2)cc1. The molecule has 4 N–H and O–H groups in total. The van der Waals surface area contributed by atoms with Gasteiger partial charge in [-0.3, -0.25) is 14.8 Å². The first-order chi connectivity index (χ1) is 20.6. The number of ether oxygens (including phenoxy) is 2. The van der Waals surface area contributed by atoms with Crippen LogP contribution in [0.2, 0.25) is 0 Å². The van der Waals surface area contributed by atoms with E-state index in [4.69, 9.17) is 9.47 Å². The molecule has 1 aliphatic heterocycles. The van der Waals surface area contributed by atoms with Gasteiger partial charge in [-0.15, -0.1) is 0 Å². The highest BCUT2D eigenvalue weighted by Crippen LogP contribution is 2.21. The molecule has 3 aromatic carbocycles. The molecular weight excluding hydrogens is 532 g/mol. The third-order valence-corrected chi connectivity index (χ3v) is 7.05. The number of morpholine rings is 1. The molecule has 2 heterocycles. The number of rotatable bonds is 11. The number of aromatic amines is 1. The Hall–Kier alpha value is -4.67. The molecule has 0 radical (unpaired) electrons. The molecule has 5 rings (SSSR count). The smallest absolute Gasteiger partial charge is 0.319 e. The minimum atomic E-state index is -0.261. The number of hydrogen-bond acceptors (Lipinski definition) is 6. The third-order valence-electron chi connectivity index (χ3n) is 7.05. The Morgan fingerprint density at radius 3 is 2.36 bits per heavy atom. The summed E-state index contributed by atoms with van der Waals surface area (Å²) >= 11 is 0. The number of aromatic nitrogens is 2. The first-order valence-electron chi connectivity index (χ1n) is 14.2. The van der Waals surface area contributed by atoms with Gasteiger partial charge in [0.1, 0.15) is 12.4 Å². The maximum Gasteiger partial charge on any atom is 0.319 e. The zero-order valence-corrected chi connectivity index (χ0v) is 23.7. The molecule has 3 amide bonds. The van der Waals surface area contributed by atoms with E-state index in [1.165, 1.54) is 5.56 Å². The number of amides is 3. The number of carbonyl (C=O) groups is 2. The summed E-state index contributed by atoms with van der Waals surface area (Å²) in [6.07, 6.45) is 0.957. The summed E-state index contributed by atoms with van der Waals surface area (Å²) in [6, 6.07) is 24.2. The number of benzene rings is 3. The van der Waals surface area contributed by atoms with Crippen LogP contribution in [0.3, 0.4) is 0 Å². The number of anilines is 2. The van der Waals surface area contributed by atoms with Crippen molar-refractivity contribution in [1.82, 2.24) is 20.4 Å². The van der Waals surface area contributed by atoms with E-state index in [9.17, 15) is 9.59 Å². The summed E-state index contributed by atoms with van der Waals surface area (Å²) in [6.45, 7) is 7.30. The van der Waals surface area contributed by atoms with Crippen LogP contribution in [-0.4, -0.2) is 66.5 Å². The van der Waals surface area contributed by atoms with E-state index in [1.54, 1.807) is 30.3 Å². The van der Waals surface area contributed by atoms with Crippen molar-refractivity contribution in [3.05, 3.63) is 95.6 Å². The summed E-state index contributed by atoms with van der Waals surface area (Å²) < 4.78 is 11.2. The fourth-order valence-corrected chi connectivity index (χ4v) is 4.53. The van der Waals surface area contributed by atoms with E-state index < -0.39 is 0 Å². The van der Waals surface area contributed by atoms with Crippen LogP contribution >= 0.6 is 0 Å².